The Kier molecular flexibility index (Phi) is 2.68. The standard InChI is InChI=1S/C8H13NO3/c1-5(2)3-7-9-6(4-12-7)8(10)11/h5-6H,3-4H2,1-2H3,(H,10,11). The summed E-state index contributed by atoms with van der Waals surface area (Å²) in [5.41, 5.74) is 0. The van der Waals surface area contributed by atoms with E-state index < -0.39 is 12.0 Å². The van der Waals surface area contributed by atoms with Gasteiger partial charge in [-0.1, -0.05) is 13.8 Å². The minimum Gasteiger partial charge on any atom is -0.480 e. The fraction of sp³-hybridized carbons (Fsp3) is 0.750. The van der Waals surface area contributed by atoms with E-state index in [0.29, 0.717) is 11.8 Å². The molecule has 0 saturated heterocycles. The molecule has 0 spiro atoms. The predicted octanol–water partition coefficient (Wildman–Crippen LogP) is 0.914. The van der Waals surface area contributed by atoms with Gasteiger partial charge in [-0.25, -0.2) is 9.79 Å². The summed E-state index contributed by atoms with van der Waals surface area (Å²) in [4.78, 5) is 14.4. The molecule has 0 aromatic carbocycles. The van der Waals surface area contributed by atoms with Gasteiger partial charge in [-0.3, -0.25) is 0 Å². The number of carboxylic acid groups (broad SMARTS) is 1. The average Bonchev–Trinajstić information content (AvgIpc) is 2.34. The second-order valence-electron chi connectivity index (χ2n) is 3.29. The lowest BCUT2D eigenvalue weighted by atomic mass is 10.1. The van der Waals surface area contributed by atoms with Crippen LogP contribution in [0.4, 0.5) is 0 Å². The SMILES string of the molecule is CC(C)CC1=NC(C(=O)O)CO1. The number of carboxylic acids is 1. The number of ether oxygens (including phenoxy) is 1. The fourth-order valence-electron chi connectivity index (χ4n) is 1.01. The Balaban J connectivity index is 2.48. The Morgan fingerprint density at radius 1 is 1.83 bits per heavy atom. The van der Waals surface area contributed by atoms with Crippen LogP contribution in [0.2, 0.25) is 0 Å². The molecule has 0 aliphatic carbocycles. The van der Waals surface area contributed by atoms with Crippen LogP contribution in [0.25, 0.3) is 0 Å². The van der Waals surface area contributed by atoms with Crippen LogP contribution in [0.15, 0.2) is 4.99 Å². The van der Waals surface area contributed by atoms with Crippen LogP contribution in [0.3, 0.4) is 0 Å². The monoisotopic (exact) mass is 171 g/mol. The molecule has 0 aromatic rings. The molecule has 12 heavy (non-hydrogen) atoms. The maximum absolute atomic E-state index is 10.4. The van der Waals surface area contributed by atoms with Crippen molar-refractivity contribution in [1.29, 1.82) is 0 Å². The maximum atomic E-state index is 10.4. The van der Waals surface area contributed by atoms with E-state index in [1.807, 2.05) is 13.8 Å². The van der Waals surface area contributed by atoms with Gasteiger partial charge >= 0.3 is 5.97 Å². The molecule has 1 rings (SSSR count). The Bertz CT molecular complexity index is 210. The maximum Gasteiger partial charge on any atom is 0.332 e. The highest BCUT2D eigenvalue weighted by Crippen LogP contribution is 2.11. The van der Waals surface area contributed by atoms with E-state index in [4.69, 9.17) is 9.84 Å². The van der Waals surface area contributed by atoms with Crippen molar-refractivity contribution in [2.24, 2.45) is 10.9 Å². The van der Waals surface area contributed by atoms with Crippen molar-refractivity contribution < 1.29 is 14.6 Å². The summed E-state index contributed by atoms with van der Waals surface area (Å²) >= 11 is 0. The first-order valence-electron chi connectivity index (χ1n) is 4.02. The highest BCUT2D eigenvalue weighted by atomic mass is 16.5. The largest absolute Gasteiger partial charge is 0.480 e. The Labute approximate surface area is 71.3 Å². The zero-order chi connectivity index (χ0) is 9.14. The number of nitrogens with zero attached hydrogens (tertiary/aromatic N) is 1. The first-order valence-corrected chi connectivity index (χ1v) is 4.02. The molecule has 1 heterocycles. The molecule has 4 nitrogen and oxygen atoms in total. The summed E-state index contributed by atoms with van der Waals surface area (Å²) in [5.74, 6) is 0.127. The van der Waals surface area contributed by atoms with E-state index in [1.165, 1.54) is 0 Å². The zero-order valence-electron chi connectivity index (χ0n) is 7.28. The Morgan fingerprint density at radius 2 is 2.50 bits per heavy atom. The smallest absolute Gasteiger partial charge is 0.332 e. The van der Waals surface area contributed by atoms with Gasteiger partial charge in [-0.15, -0.1) is 0 Å². The summed E-state index contributed by atoms with van der Waals surface area (Å²) in [6.45, 7) is 4.28. The molecule has 0 bridgehead atoms. The van der Waals surface area contributed by atoms with Gasteiger partial charge in [0.25, 0.3) is 0 Å². The van der Waals surface area contributed by atoms with E-state index in [-0.39, 0.29) is 6.61 Å². The lowest BCUT2D eigenvalue weighted by molar-refractivity contribution is -0.138. The van der Waals surface area contributed by atoms with E-state index >= 15 is 0 Å². The normalized spacial score (nSPS) is 22.2. The molecule has 0 fully saturated rings. The molecule has 1 atom stereocenters. The number of hydrogen-bond donors (Lipinski definition) is 1. The molecule has 4 heteroatoms. The van der Waals surface area contributed by atoms with E-state index in [0.717, 1.165) is 6.42 Å². The first-order chi connectivity index (χ1) is 5.59. The number of aliphatic imine (C=N–C) groups is 1. The summed E-state index contributed by atoms with van der Waals surface area (Å²) < 4.78 is 5.11. The third kappa shape index (κ3) is 2.22. The molecule has 0 aromatic heterocycles. The van der Waals surface area contributed by atoms with Gasteiger partial charge in [0.15, 0.2) is 11.9 Å². The van der Waals surface area contributed by atoms with Crippen molar-refractivity contribution >= 4 is 11.9 Å². The van der Waals surface area contributed by atoms with Crippen LogP contribution in [0.1, 0.15) is 20.3 Å². The van der Waals surface area contributed by atoms with Crippen LogP contribution >= 0.6 is 0 Å². The van der Waals surface area contributed by atoms with Gasteiger partial charge in [0.05, 0.1) is 0 Å². The Hall–Kier alpha value is -1.06. The summed E-state index contributed by atoms with van der Waals surface area (Å²) in [5, 5.41) is 8.58. The molecule has 68 valence electrons. The van der Waals surface area contributed by atoms with Crippen molar-refractivity contribution in [1.82, 2.24) is 0 Å². The van der Waals surface area contributed by atoms with Crippen molar-refractivity contribution in [3.63, 3.8) is 0 Å². The number of rotatable bonds is 3. The summed E-state index contributed by atoms with van der Waals surface area (Å²) in [7, 11) is 0. The minimum atomic E-state index is -0.909. The molecule has 0 saturated carbocycles. The number of hydrogen-bond acceptors (Lipinski definition) is 3. The highest BCUT2D eigenvalue weighted by Gasteiger charge is 2.24. The predicted molar refractivity (Wildman–Crippen MR) is 44.3 cm³/mol. The van der Waals surface area contributed by atoms with E-state index in [9.17, 15) is 4.79 Å². The van der Waals surface area contributed by atoms with Crippen LogP contribution in [-0.2, 0) is 9.53 Å². The van der Waals surface area contributed by atoms with Crippen LogP contribution in [0.5, 0.6) is 0 Å². The lowest BCUT2D eigenvalue weighted by Gasteiger charge is -2.02. The minimum absolute atomic E-state index is 0.192. The van der Waals surface area contributed by atoms with Crippen molar-refractivity contribution in [3.05, 3.63) is 0 Å². The molecule has 1 aliphatic rings. The second-order valence-corrected chi connectivity index (χ2v) is 3.29. The topological polar surface area (TPSA) is 58.9 Å². The molecule has 0 radical (unpaired) electrons. The first kappa shape index (κ1) is 9.03. The molecule has 1 aliphatic heterocycles. The van der Waals surface area contributed by atoms with Crippen molar-refractivity contribution in [3.8, 4) is 0 Å². The van der Waals surface area contributed by atoms with Gasteiger partial charge in [0.2, 0.25) is 0 Å². The van der Waals surface area contributed by atoms with Crippen molar-refractivity contribution in [2.45, 2.75) is 26.3 Å². The van der Waals surface area contributed by atoms with E-state index in [1.54, 1.807) is 0 Å². The van der Waals surface area contributed by atoms with Gasteiger partial charge in [0.1, 0.15) is 6.61 Å². The molecule has 0 amide bonds. The quantitative estimate of drug-likeness (QED) is 0.686. The second kappa shape index (κ2) is 3.56. The van der Waals surface area contributed by atoms with Gasteiger partial charge in [0, 0.05) is 6.42 Å². The van der Waals surface area contributed by atoms with Gasteiger partial charge < -0.3 is 9.84 Å². The molecular weight excluding hydrogens is 158 g/mol. The average molecular weight is 171 g/mol. The van der Waals surface area contributed by atoms with Gasteiger partial charge in [-0.2, -0.15) is 0 Å². The fourth-order valence-corrected chi connectivity index (χ4v) is 1.01. The highest BCUT2D eigenvalue weighted by molar-refractivity contribution is 5.84. The zero-order valence-corrected chi connectivity index (χ0v) is 7.28. The van der Waals surface area contributed by atoms with Crippen LogP contribution < -0.4 is 0 Å². The summed E-state index contributed by atoms with van der Waals surface area (Å²) in [6, 6.07) is -0.682. The Morgan fingerprint density at radius 3 is 2.92 bits per heavy atom. The van der Waals surface area contributed by atoms with Crippen LogP contribution in [0, 0.1) is 5.92 Å². The number of aliphatic carboxylic acids is 1. The van der Waals surface area contributed by atoms with Gasteiger partial charge in [-0.05, 0) is 5.92 Å². The molecular formula is C8H13NO3. The number of carbonyl (C=O) groups is 1. The van der Waals surface area contributed by atoms with Crippen molar-refractivity contribution in [2.75, 3.05) is 6.61 Å². The third-order valence-electron chi connectivity index (χ3n) is 1.58. The summed E-state index contributed by atoms with van der Waals surface area (Å²) in [6.07, 6.45) is 0.726. The lowest BCUT2D eigenvalue weighted by Crippen LogP contribution is -2.18. The van der Waals surface area contributed by atoms with Crippen LogP contribution in [-0.4, -0.2) is 29.6 Å². The molecule has 1 unspecified atom stereocenters. The van der Waals surface area contributed by atoms with E-state index in [2.05, 4.69) is 4.99 Å². The molecule has 1 N–H and O–H groups in total. The third-order valence-corrected chi connectivity index (χ3v) is 1.58.